The van der Waals surface area contributed by atoms with E-state index in [4.69, 9.17) is 8.37 Å². The standard InChI is InChI=1S/C19H24O8S2/c1-14-3-7-18(8-4-14)28(22,23)26-12-16(20)11-17(21)13-27-29(24,25)19-9-5-15(2)6-10-19/h3-10,16-17,20-21H,11-13H2,1-2H3/t16-,17+. The van der Waals surface area contributed by atoms with Crippen LogP contribution in [-0.2, 0) is 28.6 Å². The first kappa shape index (κ1) is 23.5. The summed E-state index contributed by atoms with van der Waals surface area (Å²) in [5.41, 5.74) is 1.76. The number of aliphatic hydroxyl groups is 2. The van der Waals surface area contributed by atoms with Gasteiger partial charge in [-0.05, 0) is 38.1 Å². The summed E-state index contributed by atoms with van der Waals surface area (Å²) >= 11 is 0. The maximum absolute atomic E-state index is 12.1. The van der Waals surface area contributed by atoms with E-state index in [2.05, 4.69) is 0 Å². The molecule has 0 aromatic heterocycles. The van der Waals surface area contributed by atoms with Crippen LogP contribution in [0, 0.1) is 13.8 Å². The molecule has 0 aliphatic rings. The summed E-state index contributed by atoms with van der Waals surface area (Å²) < 4.78 is 57.9. The lowest BCUT2D eigenvalue weighted by Gasteiger charge is -2.16. The summed E-state index contributed by atoms with van der Waals surface area (Å²) in [5.74, 6) is 0. The average molecular weight is 445 g/mol. The van der Waals surface area contributed by atoms with Gasteiger partial charge in [0.2, 0.25) is 0 Å². The van der Waals surface area contributed by atoms with Gasteiger partial charge in [-0.3, -0.25) is 8.37 Å². The van der Waals surface area contributed by atoms with Crippen molar-refractivity contribution >= 4 is 20.2 Å². The zero-order valence-electron chi connectivity index (χ0n) is 16.1. The second-order valence-electron chi connectivity index (χ2n) is 6.65. The molecule has 0 saturated carbocycles. The molecule has 29 heavy (non-hydrogen) atoms. The minimum absolute atomic E-state index is 0.0524. The molecule has 2 N–H and O–H groups in total. The van der Waals surface area contributed by atoms with E-state index >= 15 is 0 Å². The number of hydrogen-bond acceptors (Lipinski definition) is 8. The Labute approximate surface area is 171 Å². The summed E-state index contributed by atoms with van der Waals surface area (Å²) in [6.07, 6.45) is -3.00. The van der Waals surface area contributed by atoms with E-state index in [0.717, 1.165) is 11.1 Å². The van der Waals surface area contributed by atoms with Crippen LogP contribution in [0.5, 0.6) is 0 Å². The molecular weight excluding hydrogens is 420 g/mol. The van der Waals surface area contributed by atoms with E-state index < -0.39 is 45.7 Å². The van der Waals surface area contributed by atoms with Crippen molar-refractivity contribution in [3.63, 3.8) is 0 Å². The molecule has 2 aromatic carbocycles. The second-order valence-corrected chi connectivity index (χ2v) is 9.88. The van der Waals surface area contributed by atoms with Crippen molar-refractivity contribution < 1.29 is 35.4 Å². The Hall–Kier alpha value is -1.82. The molecule has 0 fully saturated rings. The summed E-state index contributed by atoms with van der Waals surface area (Å²) in [6.45, 7) is 2.45. The minimum Gasteiger partial charge on any atom is -0.391 e. The molecule has 0 spiro atoms. The quantitative estimate of drug-likeness (QED) is 0.528. The van der Waals surface area contributed by atoms with Crippen molar-refractivity contribution in [1.82, 2.24) is 0 Å². The Morgan fingerprint density at radius 1 is 0.690 bits per heavy atom. The molecule has 2 rings (SSSR count). The van der Waals surface area contributed by atoms with Gasteiger partial charge in [0.1, 0.15) is 0 Å². The van der Waals surface area contributed by atoms with Crippen LogP contribution >= 0.6 is 0 Å². The maximum atomic E-state index is 12.1. The van der Waals surface area contributed by atoms with Crippen LogP contribution in [-0.4, -0.2) is 52.5 Å². The number of hydrogen-bond donors (Lipinski definition) is 2. The summed E-state index contributed by atoms with van der Waals surface area (Å²) in [5, 5.41) is 19.8. The Kier molecular flexibility index (Phi) is 7.92. The third kappa shape index (κ3) is 7.18. The van der Waals surface area contributed by atoms with Gasteiger partial charge in [0, 0.05) is 6.42 Å². The zero-order chi connectivity index (χ0) is 21.7. The topological polar surface area (TPSA) is 127 Å². The molecule has 0 unspecified atom stereocenters. The Morgan fingerprint density at radius 2 is 1.00 bits per heavy atom. The van der Waals surface area contributed by atoms with E-state index in [0.29, 0.717) is 0 Å². The van der Waals surface area contributed by atoms with E-state index in [1.807, 2.05) is 13.8 Å². The van der Waals surface area contributed by atoms with Crippen LogP contribution < -0.4 is 0 Å². The van der Waals surface area contributed by atoms with Crippen molar-refractivity contribution in [2.24, 2.45) is 0 Å². The normalized spacial score (nSPS) is 14.5. The first-order chi connectivity index (χ1) is 13.5. The van der Waals surface area contributed by atoms with Gasteiger partial charge in [-0.15, -0.1) is 0 Å². The van der Waals surface area contributed by atoms with Gasteiger partial charge in [-0.2, -0.15) is 16.8 Å². The molecule has 0 aliphatic carbocycles. The van der Waals surface area contributed by atoms with Crippen LogP contribution in [0.3, 0.4) is 0 Å². The monoisotopic (exact) mass is 444 g/mol. The third-order valence-corrected chi connectivity index (χ3v) is 6.59. The van der Waals surface area contributed by atoms with Gasteiger partial charge in [-0.1, -0.05) is 35.4 Å². The highest BCUT2D eigenvalue weighted by Gasteiger charge is 2.22. The van der Waals surface area contributed by atoms with Gasteiger partial charge in [0.25, 0.3) is 20.2 Å². The third-order valence-electron chi connectivity index (χ3n) is 3.99. The SMILES string of the molecule is Cc1ccc(S(=O)(=O)OC[C@@H](O)C[C@@H](O)COS(=O)(=O)c2ccc(C)cc2)cc1. The second kappa shape index (κ2) is 9.79. The molecule has 160 valence electrons. The van der Waals surface area contributed by atoms with Gasteiger partial charge < -0.3 is 10.2 Å². The molecule has 2 atom stereocenters. The lowest BCUT2D eigenvalue weighted by molar-refractivity contribution is 0.0306. The maximum Gasteiger partial charge on any atom is 0.297 e. The van der Waals surface area contributed by atoms with Gasteiger partial charge in [0.05, 0.1) is 35.2 Å². The van der Waals surface area contributed by atoms with Crippen LogP contribution in [0.2, 0.25) is 0 Å². The van der Waals surface area contributed by atoms with E-state index in [1.165, 1.54) is 24.3 Å². The van der Waals surface area contributed by atoms with Gasteiger partial charge in [-0.25, -0.2) is 0 Å². The molecule has 0 saturated heterocycles. The van der Waals surface area contributed by atoms with E-state index in [1.54, 1.807) is 24.3 Å². The minimum atomic E-state index is -4.05. The van der Waals surface area contributed by atoms with Gasteiger partial charge in [0.15, 0.2) is 0 Å². The Balaban J connectivity index is 1.83. The lowest BCUT2D eigenvalue weighted by Crippen LogP contribution is -2.28. The summed E-state index contributed by atoms with van der Waals surface area (Å²) in [4.78, 5) is -0.105. The molecule has 8 nitrogen and oxygen atoms in total. The number of aryl methyl sites for hydroxylation is 2. The fraction of sp³-hybridized carbons (Fsp3) is 0.368. The highest BCUT2D eigenvalue weighted by atomic mass is 32.2. The Bertz CT molecular complexity index is 914. The smallest absolute Gasteiger partial charge is 0.297 e. The first-order valence-corrected chi connectivity index (χ1v) is 11.6. The summed E-state index contributed by atoms with van der Waals surface area (Å²) in [6, 6.07) is 12.0. The molecule has 10 heteroatoms. The average Bonchev–Trinajstić information content (AvgIpc) is 2.66. The summed E-state index contributed by atoms with van der Waals surface area (Å²) in [7, 11) is -8.10. The highest BCUT2D eigenvalue weighted by molar-refractivity contribution is 7.87. The van der Waals surface area contributed by atoms with Crippen LogP contribution in [0.4, 0.5) is 0 Å². The zero-order valence-corrected chi connectivity index (χ0v) is 17.7. The lowest BCUT2D eigenvalue weighted by atomic mass is 10.2. The van der Waals surface area contributed by atoms with Gasteiger partial charge >= 0.3 is 0 Å². The molecule has 0 radical (unpaired) electrons. The molecule has 0 heterocycles. The van der Waals surface area contributed by atoms with Crippen molar-refractivity contribution in [3.8, 4) is 0 Å². The van der Waals surface area contributed by atoms with Crippen molar-refractivity contribution in [2.75, 3.05) is 13.2 Å². The predicted molar refractivity (Wildman–Crippen MR) is 105 cm³/mol. The van der Waals surface area contributed by atoms with E-state index in [-0.39, 0.29) is 16.2 Å². The fourth-order valence-electron chi connectivity index (χ4n) is 2.33. The van der Waals surface area contributed by atoms with Crippen molar-refractivity contribution in [2.45, 2.75) is 42.3 Å². The largest absolute Gasteiger partial charge is 0.391 e. The van der Waals surface area contributed by atoms with Crippen LogP contribution in [0.25, 0.3) is 0 Å². The highest BCUT2D eigenvalue weighted by Crippen LogP contribution is 2.16. The van der Waals surface area contributed by atoms with Crippen LogP contribution in [0.1, 0.15) is 17.5 Å². The predicted octanol–water partition coefficient (Wildman–Crippen LogP) is 1.53. The number of benzene rings is 2. The van der Waals surface area contributed by atoms with E-state index in [9.17, 15) is 27.0 Å². The molecule has 2 aromatic rings. The Morgan fingerprint density at radius 3 is 1.31 bits per heavy atom. The molecule has 0 amide bonds. The van der Waals surface area contributed by atoms with Crippen LogP contribution in [0.15, 0.2) is 58.3 Å². The molecular formula is C19H24O8S2. The first-order valence-electron chi connectivity index (χ1n) is 8.78. The van der Waals surface area contributed by atoms with Crippen molar-refractivity contribution in [3.05, 3.63) is 59.7 Å². The number of aliphatic hydroxyl groups excluding tert-OH is 2. The van der Waals surface area contributed by atoms with Crippen molar-refractivity contribution in [1.29, 1.82) is 0 Å². The molecule has 0 aliphatic heterocycles. The number of rotatable bonds is 10. The molecule has 0 bridgehead atoms. The fourth-order valence-corrected chi connectivity index (χ4v) is 4.22.